The maximum atomic E-state index is 9.01. The molecular formula is C12H21N3O. The Kier molecular flexibility index (Phi) is 3.61. The number of nitrogens with one attached hydrogen (secondary N) is 1. The van der Waals surface area contributed by atoms with Crippen molar-refractivity contribution in [2.45, 2.75) is 32.2 Å². The van der Waals surface area contributed by atoms with Gasteiger partial charge in [-0.1, -0.05) is 6.92 Å². The molecule has 0 spiro atoms. The van der Waals surface area contributed by atoms with Gasteiger partial charge in [-0.2, -0.15) is 5.10 Å². The molecule has 0 amide bonds. The molecule has 4 heteroatoms. The fourth-order valence-electron chi connectivity index (χ4n) is 2.33. The van der Waals surface area contributed by atoms with E-state index in [1.54, 1.807) is 0 Å². The van der Waals surface area contributed by atoms with E-state index in [1.807, 2.05) is 17.9 Å². The Balaban J connectivity index is 2.02. The van der Waals surface area contributed by atoms with E-state index in [0.29, 0.717) is 12.0 Å². The number of aromatic nitrogens is 2. The average molecular weight is 223 g/mol. The van der Waals surface area contributed by atoms with Crippen molar-refractivity contribution in [2.75, 3.05) is 13.2 Å². The number of fused-ring (bicyclic) bond motifs is 1. The third-order valence-electron chi connectivity index (χ3n) is 3.40. The summed E-state index contributed by atoms with van der Waals surface area (Å²) in [6.45, 7) is 3.18. The first kappa shape index (κ1) is 11.6. The van der Waals surface area contributed by atoms with Crippen molar-refractivity contribution in [1.82, 2.24) is 15.1 Å². The SMILES string of the molecule is CC(CO)CNC1CCCc2c1cnn2C. The van der Waals surface area contributed by atoms with E-state index in [2.05, 4.69) is 17.3 Å². The van der Waals surface area contributed by atoms with Crippen LogP contribution < -0.4 is 5.32 Å². The molecule has 2 atom stereocenters. The Morgan fingerprint density at radius 1 is 1.69 bits per heavy atom. The zero-order chi connectivity index (χ0) is 11.5. The second-order valence-corrected chi connectivity index (χ2v) is 4.81. The number of aryl methyl sites for hydroxylation is 1. The summed E-state index contributed by atoms with van der Waals surface area (Å²) < 4.78 is 1.98. The Bertz CT molecular complexity index is 348. The van der Waals surface area contributed by atoms with Crippen molar-refractivity contribution in [1.29, 1.82) is 0 Å². The minimum absolute atomic E-state index is 0.250. The van der Waals surface area contributed by atoms with Crippen LogP contribution in [0.1, 0.15) is 37.1 Å². The molecular weight excluding hydrogens is 202 g/mol. The van der Waals surface area contributed by atoms with E-state index in [4.69, 9.17) is 5.11 Å². The number of hydrogen-bond acceptors (Lipinski definition) is 3. The number of aliphatic hydroxyl groups excluding tert-OH is 1. The maximum absolute atomic E-state index is 9.01. The average Bonchev–Trinajstić information content (AvgIpc) is 2.69. The van der Waals surface area contributed by atoms with Crippen molar-refractivity contribution in [3.63, 3.8) is 0 Å². The van der Waals surface area contributed by atoms with E-state index in [9.17, 15) is 0 Å². The molecule has 0 aromatic carbocycles. The number of aliphatic hydroxyl groups is 1. The molecule has 2 N–H and O–H groups in total. The first-order valence-corrected chi connectivity index (χ1v) is 6.07. The summed E-state index contributed by atoms with van der Waals surface area (Å²) in [5, 5.41) is 16.9. The molecule has 0 saturated heterocycles. The number of nitrogens with zero attached hydrogens (tertiary/aromatic N) is 2. The fourth-order valence-corrected chi connectivity index (χ4v) is 2.33. The second-order valence-electron chi connectivity index (χ2n) is 4.81. The lowest BCUT2D eigenvalue weighted by Crippen LogP contribution is -2.30. The highest BCUT2D eigenvalue weighted by Crippen LogP contribution is 2.29. The van der Waals surface area contributed by atoms with Crippen LogP contribution in [0.15, 0.2) is 6.20 Å². The van der Waals surface area contributed by atoms with Gasteiger partial charge in [-0.05, 0) is 25.2 Å². The molecule has 16 heavy (non-hydrogen) atoms. The summed E-state index contributed by atoms with van der Waals surface area (Å²) >= 11 is 0. The topological polar surface area (TPSA) is 50.1 Å². The molecule has 1 aromatic rings. The summed E-state index contributed by atoms with van der Waals surface area (Å²) in [5.74, 6) is 0.321. The van der Waals surface area contributed by atoms with Gasteiger partial charge in [-0.25, -0.2) is 0 Å². The van der Waals surface area contributed by atoms with Crippen molar-refractivity contribution in [3.8, 4) is 0 Å². The summed E-state index contributed by atoms with van der Waals surface area (Å²) in [6.07, 6.45) is 5.52. The Morgan fingerprint density at radius 2 is 2.50 bits per heavy atom. The first-order chi connectivity index (χ1) is 7.72. The molecule has 0 aliphatic heterocycles. The first-order valence-electron chi connectivity index (χ1n) is 6.07. The van der Waals surface area contributed by atoms with Crippen LogP contribution in [0, 0.1) is 5.92 Å². The van der Waals surface area contributed by atoms with Gasteiger partial charge < -0.3 is 10.4 Å². The van der Waals surface area contributed by atoms with E-state index < -0.39 is 0 Å². The van der Waals surface area contributed by atoms with Crippen LogP contribution in [-0.2, 0) is 13.5 Å². The van der Waals surface area contributed by atoms with E-state index >= 15 is 0 Å². The third kappa shape index (κ3) is 2.28. The predicted octanol–water partition coefficient (Wildman–Crippen LogP) is 1.02. The van der Waals surface area contributed by atoms with Crippen LogP contribution in [0.25, 0.3) is 0 Å². The highest BCUT2D eigenvalue weighted by molar-refractivity contribution is 5.24. The lowest BCUT2D eigenvalue weighted by Gasteiger charge is -2.25. The maximum Gasteiger partial charge on any atom is 0.0540 e. The number of hydrogen-bond donors (Lipinski definition) is 2. The van der Waals surface area contributed by atoms with Gasteiger partial charge in [0, 0.05) is 37.5 Å². The zero-order valence-electron chi connectivity index (χ0n) is 10.1. The molecule has 4 nitrogen and oxygen atoms in total. The molecule has 1 aliphatic rings. The zero-order valence-corrected chi connectivity index (χ0v) is 10.1. The van der Waals surface area contributed by atoms with Gasteiger partial charge >= 0.3 is 0 Å². The monoisotopic (exact) mass is 223 g/mol. The van der Waals surface area contributed by atoms with Crippen LogP contribution in [0.4, 0.5) is 0 Å². The lowest BCUT2D eigenvalue weighted by molar-refractivity contribution is 0.228. The highest BCUT2D eigenvalue weighted by Gasteiger charge is 2.23. The largest absolute Gasteiger partial charge is 0.396 e. The van der Waals surface area contributed by atoms with Crippen LogP contribution in [0.2, 0.25) is 0 Å². The van der Waals surface area contributed by atoms with Crippen molar-refractivity contribution >= 4 is 0 Å². The number of rotatable bonds is 4. The molecule has 1 aromatic heterocycles. The molecule has 2 unspecified atom stereocenters. The minimum atomic E-state index is 0.250. The normalized spacial score (nSPS) is 21.8. The molecule has 0 fully saturated rings. The molecule has 0 bridgehead atoms. The van der Waals surface area contributed by atoms with Gasteiger partial charge in [-0.3, -0.25) is 4.68 Å². The molecule has 1 aliphatic carbocycles. The molecule has 2 rings (SSSR count). The van der Waals surface area contributed by atoms with Gasteiger partial charge in [0.15, 0.2) is 0 Å². The van der Waals surface area contributed by atoms with Crippen molar-refractivity contribution in [2.24, 2.45) is 13.0 Å². The predicted molar refractivity (Wildman–Crippen MR) is 63.1 cm³/mol. The van der Waals surface area contributed by atoms with Gasteiger partial charge in [0.2, 0.25) is 0 Å². The summed E-state index contributed by atoms with van der Waals surface area (Å²) in [4.78, 5) is 0. The highest BCUT2D eigenvalue weighted by atomic mass is 16.3. The fraction of sp³-hybridized carbons (Fsp3) is 0.750. The van der Waals surface area contributed by atoms with Gasteiger partial charge in [-0.15, -0.1) is 0 Å². The summed E-state index contributed by atoms with van der Waals surface area (Å²) in [6, 6.07) is 0.423. The van der Waals surface area contributed by atoms with Crippen molar-refractivity contribution in [3.05, 3.63) is 17.5 Å². The third-order valence-corrected chi connectivity index (χ3v) is 3.40. The summed E-state index contributed by atoms with van der Waals surface area (Å²) in [5.41, 5.74) is 2.71. The van der Waals surface area contributed by atoms with Crippen LogP contribution in [-0.4, -0.2) is 28.0 Å². The van der Waals surface area contributed by atoms with Crippen LogP contribution in [0.5, 0.6) is 0 Å². The van der Waals surface area contributed by atoms with E-state index in [-0.39, 0.29) is 6.61 Å². The van der Waals surface area contributed by atoms with Gasteiger partial charge in [0.1, 0.15) is 0 Å². The van der Waals surface area contributed by atoms with E-state index in [1.165, 1.54) is 24.1 Å². The van der Waals surface area contributed by atoms with Gasteiger partial charge in [0.05, 0.1) is 6.20 Å². The van der Waals surface area contributed by atoms with Crippen LogP contribution in [0.3, 0.4) is 0 Å². The smallest absolute Gasteiger partial charge is 0.0540 e. The van der Waals surface area contributed by atoms with Crippen molar-refractivity contribution < 1.29 is 5.11 Å². The standard InChI is InChI=1S/C12H21N3O/c1-9(8-16)6-13-11-4-3-5-12-10(11)7-14-15(12)2/h7,9,11,13,16H,3-6,8H2,1-2H3. The molecule has 0 radical (unpaired) electrons. The Hall–Kier alpha value is -0.870. The molecule has 1 heterocycles. The second kappa shape index (κ2) is 4.97. The molecule has 0 saturated carbocycles. The lowest BCUT2D eigenvalue weighted by atomic mass is 9.92. The Labute approximate surface area is 96.7 Å². The van der Waals surface area contributed by atoms with E-state index in [0.717, 1.165) is 13.0 Å². The summed E-state index contributed by atoms with van der Waals surface area (Å²) in [7, 11) is 2.01. The van der Waals surface area contributed by atoms with Gasteiger partial charge in [0.25, 0.3) is 0 Å². The quantitative estimate of drug-likeness (QED) is 0.801. The van der Waals surface area contributed by atoms with Crippen LogP contribution >= 0.6 is 0 Å². The minimum Gasteiger partial charge on any atom is -0.396 e. The molecule has 90 valence electrons. The Morgan fingerprint density at radius 3 is 3.25 bits per heavy atom.